The Morgan fingerprint density at radius 3 is 2.53 bits per heavy atom. The van der Waals surface area contributed by atoms with E-state index in [4.69, 9.17) is 5.73 Å². The van der Waals surface area contributed by atoms with Crippen LogP contribution in [-0.2, 0) is 10.0 Å². The fraction of sp³-hybridized carbons (Fsp3) is 0.500. The van der Waals surface area contributed by atoms with Crippen LogP contribution in [0.1, 0.15) is 20.3 Å². The number of anilines is 1. The van der Waals surface area contributed by atoms with Crippen molar-refractivity contribution in [1.29, 1.82) is 0 Å². The predicted molar refractivity (Wildman–Crippen MR) is 79.2 cm³/mol. The van der Waals surface area contributed by atoms with Gasteiger partial charge in [-0.15, -0.1) is 0 Å². The zero-order chi connectivity index (χ0) is 14.6. The van der Waals surface area contributed by atoms with Gasteiger partial charge in [-0.05, 0) is 46.5 Å². The minimum atomic E-state index is -3.65. The van der Waals surface area contributed by atoms with Crippen molar-refractivity contribution in [3.63, 3.8) is 0 Å². The largest absolute Gasteiger partial charge is 0.398 e. The third kappa shape index (κ3) is 4.76. The number of sulfonamides is 1. The second-order valence-electron chi connectivity index (χ2n) is 4.81. The van der Waals surface area contributed by atoms with E-state index in [1.807, 2.05) is 13.8 Å². The Labute approximate surface area is 122 Å². The highest BCUT2D eigenvalue weighted by Gasteiger charge is 2.20. The monoisotopic (exact) mass is 350 g/mol. The van der Waals surface area contributed by atoms with Crippen molar-refractivity contribution in [3.8, 4) is 0 Å². The van der Waals surface area contributed by atoms with Crippen molar-refractivity contribution >= 4 is 31.6 Å². The van der Waals surface area contributed by atoms with E-state index in [9.17, 15) is 13.5 Å². The van der Waals surface area contributed by atoms with E-state index in [0.717, 1.165) is 0 Å². The Bertz CT molecular complexity index is 532. The summed E-state index contributed by atoms with van der Waals surface area (Å²) in [6.45, 7) is 3.71. The van der Waals surface area contributed by atoms with Crippen LogP contribution in [0.25, 0.3) is 0 Å². The van der Waals surface area contributed by atoms with Gasteiger partial charge < -0.3 is 10.8 Å². The van der Waals surface area contributed by atoms with Gasteiger partial charge in [0.15, 0.2) is 0 Å². The number of aliphatic hydroxyl groups excluding tert-OH is 1. The number of rotatable bonds is 6. The molecule has 0 saturated heterocycles. The Kier molecular flexibility index (Phi) is 5.79. The highest BCUT2D eigenvalue weighted by molar-refractivity contribution is 9.10. The topological polar surface area (TPSA) is 92.4 Å². The van der Waals surface area contributed by atoms with Crippen molar-refractivity contribution in [3.05, 3.63) is 22.7 Å². The Morgan fingerprint density at radius 1 is 1.42 bits per heavy atom. The van der Waals surface area contributed by atoms with Crippen LogP contribution in [0.5, 0.6) is 0 Å². The molecule has 0 spiro atoms. The molecular formula is C12H19BrN2O3S. The Hall–Kier alpha value is -0.630. The molecule has 0 heterocycles. The second kappa shape index (κ2) is 6.69. The molecule has 0 fully saturated rings. The summed E-state index contributed by atoms with van der Waals surface area (Å²) >= 11 is 3.20. The first-order valence-electron chi connectivity index (χ1n) is 5.94. The van der Waals surface area contributed by atoms with E-state index in [-0.39, 0.29) is 17.4 Å². The fourth-order valence-corrected chi connectivity index (χ4v) is 3.49. The smallest absolute Gasteiger partial charge is 0.240 e. The normalized spacial score (nSPS) is 13.7. The lowest BCUT2D eigenvalue weighted by Gasteiger charge is -2.18. The molecule has 1 atom stereocenters. The van der Waals surface area contributed by atoms with Gasteiger partial charge in [-0.2, -0.15) is 0 Å². The lowest BCUT2D eigenvalue weighted by molar-refractivity contribution is 0.240. The van der Waals surface area contributed by atoms with Gasteiger partial charge in [-0.25, -0.2) is 13.1 Å². The molecule has 4 N–H and O–H groups in total. The lowest BCUT2D eigenvalue weighted by Crippen LogP contribution is -2.38. The zero-order valence-corrected chi connectivity index (χ0v) is 13.3. The number of halogens is 1. The van der Waals surface area contributed by atoms with E-state index in [0.29, 0.717) is 16.6 Å². The summed E-state index contributed by atoms with van der Waals surface area (Å²) in [5, 5.41) is 9.23. The van der Waals surface area contributed by atoms with Gasteiger partial charge in [0.2, 0.25) is 10.0 Å². The summed E-state index contributed by atoms with van der Waals surface area (Å²) in [5.41, 5.74) is 6.10. The molecule has 1 unspecified atom stereocenters. The molecule has 0 radical (unpaired) electrons. The maximum absolute atomic E-state index is 12.2. The van der Waals surface area contributed by atoms with Crippen LogP contribution in [0.4, 0.5) is 5.69 Å². The van der Waals surface area contributed by atoms with Crippen LogP contribution < -0.4 is 10.5 Å². The zero-order valence-electron chi connectivity index (χ0n) is 10.9. The van der Waals surface area contributed by atoms with Gasteiger partial charge in [0.05, 0.1) is 11.5 Å². The maximum atomic E-state index is 12.2. The third-order valence-electron chi connectivity index (χ3n) is 2.58. The van der Waals surface area contributed by atoms with Crippen LogP contribution in [0.15, 0.2) is 27.6 Å². The van der Waals surface area contributed by atoms with Crippen LogP contribution in [0.2, 0.25) is 0 Å². The van der Waals surface area contributed by atoms with Crippen molar-refractivity contribution in [2.45, 2.75) is 31.2 Å². The molecule has 1 aromatic rings. The van der Waals surface area contributed by atoms with Gasteiger partial charge in [0.25, 0.3) is 0 Å². The SMILES string of the molecule is CC(C)CC(CO)NS(=O)(=O)c1ccc(N)c(Br)c1. The summed E-state index contributed by atoms with van der Waals surface area (Å²) in [6.07, 6.45) is 0.575. The van der Waals surface area contributed by atoms with Crippen molar-refractivity contribution in [2.24, 2.45) is 5.92 Å². The van der Waals surface area contributed by atoms with Crippen LogP contribution >= 0.6 is 15.9 Å². The van der Waals surface area contributed by atoms with E-state index >= 15 is 0 Å². The molecule has 108 valence electrons. The van der Waals surface area contributed by atoms with Crippen molar-refractivity contribution < 1.29 is 13.5 Å². The minimum Gasteiger partial charge on any atom is -0.398 e. The van der Waals surface area contributed by atoms with Gasteiger partial charge in [0.1, 0.15) is 0 Å². The molecule has 7 heteroatoms. The highest BCUT2D eigenvalue weighted by atomic mass is 79.9. The molecule has 1 rings (SSSR count). The van der Waals surface area contributed by atoms with Crippen molar-refractivity contribution in [2.75, 3.05) is 12.3 Å². The van der Waals surface area contributed by atoms with Gasteiger partial charge in [-0.3, -0.25) is 0 Å². The van der Waals surface area contributed by atoms with Crippen LogP contribution in [-0.4, -0.2) is 26.2 Å². The third-order valence-corrected chi connectivity index (χ3v) is 4.79. The van der Waals surface area contributed by atoms with Gasteiger partial charge >= 0.3 is 0 Å². The van der Waals surface area contributed by atoms with E-state index in [1.165, 1.54) is 18.2 Å². The summed E-state index contributed by atoms with van der Waals surface area (Å²) in [4.78, 5) is 0.121. The lowest BCUT2D eigenvalue weighted by atomic mass is 10.1. The molecule has 0 bridgehead atoms. The molecule has 19 heavy (non-hydrogen) atoms. The Morgan fingerprint density at radius 2 is 2.05 bits per heavy atom. The first-order chi connectivity index (χ1) is 8.76. The highest BCUT2D eigenvalue weighted by Crippen LogP contribution is 2.23. The number of hydrogen-bond acceptors (Lipinski definition) is 4. The number of nitrogen functional groups attached to an aromatic ring is 1. The number of nitrogens with two attached hydrogens (primary N) is 1. The molecular weight excluding hydrogens is 332 g/mol. The van der Waals surface area contributed by atoms with Gasteiger partial charge in [0, 0.05) is 16.2 Å². The molecule has 0 aromatic heterocycles. The van der Waals surface area contributed by atoms with Crippen molar-refractivity contribution in [1.82, 2.24) is 4.72 Å². The number of aliphatic hydroxyl groups is 1. The average molecular weight is 351 g/mol. The number of nitrogens with one attached hydrogen (secondary N) is 1. The summed E-state index contributed by atoms with van der Waals surface area (Å²) in [6, 6.07) is 3.92. The Balaban J connectivity index is 2.93. The number of hydrogen-bond donors (Lipinski definition) is 3. The second-order valence-corrected chi connectivity index (χ2v) is 7.38. The van der Waals surface area contributed by atoms with E-state index in [2.05, 4.69) is 20.7 Å². The van der Waals surface area contributed by atoms with Crippen LogP contribution in [0, 0.1) is 5.92 Å². The summed E-state index contributed by atoms with van der Waals surface area (Å²) in [7, 11) is -3.65. The van der Waals surface area contributed by atoms with E-state index < -0.39 is 16.1 Å². The summed E-state index contributed by atoms with van der Waals surface area (Å²) < 4.78 is 27.4. The molecule has 0 aliphatic rings. The summed E-state index contributed by atoms with van der Waals surface area (Å²) in [5.74, 6) is 0.290. The molecule has 5 nitrogen and oxygen atoms in total. The molecule has 1 aromatic carbocycles. The first-order valence-corrected chi connectivity index (χ1v) is 8.22. The quantitative estimate of drug-likeness (QED) is 0.681. The molecule has 0 saturated carbocycles. The maximum Gasteiger partial charge on any atom is 0.240 e. The molecule has 0 aliphatic carbocycles. The fourth-order valence-electron chi connectivity index (χ4n) is 1.69. The first kappa shape index (κ1) is 16.4. The molecule has 0 aliphatic heterocycles. The number of benzene rings is 1. The van der Waals surface area contributed by atoms with Gasteiger partial charge in [-0.1, -0.05) is 13.8 Å². The van der Waals surface area contributed by atoms with E-state index in [1.54, 1.807) is 0 Å². The standard InChI is InChI=1S/C12H19BrN2O3S/c1-8(2)5-9(7-16)15-19(17,18)10-3-4-12(14)11(13)6-10/h3-4,6,8-9,15-16H,5,7,14H2,1-2H3. The minimum absolute atomic E-state index is 0.121. The average Bonchev–Trinajstić information content (AvgIpc) is 2.30. The molecule has 0 amide bonds. The predicted octanol–water partition coefficient (Wildman–Crippen LogP) is 1.72. The van der Waals surface area contributed by atoms with Crippen LogP contribution in [0.3, 0.4) is 0 Å².